The molecule has 0 aromatic heterocycles. The Morgan fingerprint density at radius 2 is 1.90 bits per heavy atom. The normalized spacial score (nSPS) is 9.45. The van der Waals surface area contributed by atoms with Gasteiger partial charge in [-0.25, -0.2) is 0 Å². The van der Waals surface area contributed by atoms with Gasteiger partial charge in [-0.2, -0.15) is 0 Å². The van der Waals surface area contributed by atoms with Gasteiger partial charge in [0.15, 0.2) is 0 Å². The van der Waals surface area contributed by atoms with E-state index in [2.05, 4.69) is 15.3 Å². The summed E-state index contributed by atoms with van der Waals surface area (Å²) in [6.45, 7) is 0. The zero-order chi connectivity index (χ0) is 14.4. The van der Waals surface area contributed by atoms with Gasteiger partial charge in [-0.3, -0.25) is 4.79 Å². The topological polar surface area (TPSA) is 87.1 Å². The summed E-state index contributed by atoms with van der Waals surface area (Å²) >= 11 is 0. The first-order valence-corrected chi connectivity index (χ1v) is 5.84. The lowest BCUT2D eigenvalue weighted by molar-refractivity contribution is 0.102. The molecule has 0 radical (unpaired) electrons. The summed E-state index contributed by atoms with van der Waals surface area (Å²) in [6.07, 6.45) is 0. The fourth-order valence-electron chi connectivity index (χ4n) is 1.67. The number of carbonyl (C=O) groups is 1. The zero-order valence-corrected chi connectivity index (χ0v) is 10.8. The van der Waals surface area contributed by atoms with Crippen LogP contribution in [0.2, 0.25) is 0 Å². The van der Waals surface area contributed by atoms with Crippen LogP contribution in [0.5, 0.6) is 5.75 Å². The summed E-state index contributed by atoms with van der Waals surface area (Å²) in [6, 6.07) is 13.5. The molecule has 0 aliphatic heterocycles. The van der Waals surface area contributed by atoms with Crippen molar-refractivity contribution in [2.75, 3.05) is 12.4 Å². The number of anilines is 1. The van der Waals surface area contributed by atoms with Crippen molar-refractivity contribution in [2.45, 2.75) is 0 Å². The lowest BCUT2D eigenvalue weighted by Crippen LogP contribution is -2.11. The summed E-state index contributed by atoms with van der Waals surface area (Å²) in [5.41, 5.74) is 9.73. The molecule has 0 atom stereocenters. The number of ether oxygens (including phenoxy) is 1. The van der Waals surface area contributed by atoms with Gasteiger partial charge < -0.3 is 10.1 Å². The van der Waals surface area contributed by atoms with Crippen molar-refractivity contribution in [3.05, 3.63) is 64.5 Å². The number of carbonyl (C=O) groups excluding carboxylic acids is 1. The number of nitrogens with zero attached hydrogens (tertiary/aromatic N) is 3. The number of benzene rings is 2. The highest BCUT2D eigenvalue weighted by atomic mass is 16.5. The molecule has 1 N–H and O–H groups in total. The first-order chi connectivity index (χ1) is 9.74. The van der Waals surface area contributed by atoms with E-state index >= 15 is 0 Å². The lowest BCUT2D eigenvalue weighted by atomic mass is 10.1. The maximum atomic E-state index is 12.1. The van der Waals surface area contributed by atoms with Gasteiger partial charge in [0, 0.05) is 16.2 Å². The summed E-state index contributed by atoms with van der Waals surface area (Å²) in [5, 5.41) is 6.23. The number of amides is 1. The average Bonchev–Trinajstić information content (AvgIpc) is 2.49. The predicted molar refractivity (Wildman–Crippen MR) is 76.2 cm³/mol. The Kier molecular flexibility index (Phi) is 4.21. The van der Waals surface area contributed by atoms with Crippen LogP contribution in [0.1, 0.15) is 10.4 Å². The molecule has 0 saturated carbocycles. The van der Waals surface area contributed by atoms with Crippen molar-refractivity contribution in [2.24, 2.45) is 5.11 Å². The van der Waals surface area contributed by atoms with Crippen molar-refractivity contribution < 1.29 is 9.53 Å². The maximum absolute atomic E-state index is 12.1. The Bertz CT molecular complexity index is 661. The molecule has 100 valence electrons. The van der Waals surface area contributed by atoms with Crippen LogP contribution in [0.15, 0.2) is 53.6 Å². The highest BCUT2D eigenvalue weighted by Crippen LogP contribution is 2.21. The molecule has 0 saturated heterocycles. The Morgan fingerprint density at radius 1 is 1.20 bits per heavy atom. The van der Waals surface area contributed by atoms with Crippen LogP contribution >= 0.6 is 0 Å². The molecular weight excluding hydrogens is 256 g/mol. The molecule has 0 aliphatic carbocycles. The summed E-state index contributed by atoms with van der Waals surface area (Å²) in [4.78, 5) is 14.8. The number of rotatable bonds is 4. The lowest BCUT2D eigenvalue weighted by Gasteiger charge is -2.07. The van der Waals surface area contributed by atoms with Gasteiger partial charge in [-0.1, -0.05) is 23.3 Å². The van der Waals surface area contributed by atoms with Crippen LogP contribution in [0.4, 0.5) is 11.4 Å². The quantitative estimate of drug-likeness (QED) is 0.518. The van der Waals surface area contributed by atoms with Crippen LogP contribution in [-0.2, 0) is 0 Å². The van der Waals surface area contributed by atoms with E-state index < -0.39 is 0 Å². The smallest absolute Gasteiger partial charge is 0.256 e. The van der Waals surface area contributed by atoms with Crippen molar-refractivity contribution >= 4 is 17.3 Å². The molecule has 6 nitrogen and oxygen atoms in total. The van der Waals surface area contributed by atoms with E-state index in [1.807, 2.05) is 0 Å². The second-order valence-corrected chi connectivity index (χ2v) is 3.89. The molecule has 0 bridgehead atoms. The van der Waals surface area contributed by atoms with Gasteiger partial charge >= 0.3 is 0 Å². The maximum Gasteiger partial charge on any atom is 0.256 e. The fourth-order valence-corrected chi connectivity index (χ4v) is 1.67. The first-order valence-electron chi connectivity index (χ1n) is 5.84. The third kappa shape index (κ3) is 3.07. The Hall–Kier alpha value is -2.98. The van der Waals surface area contributed by atoms with E-state index in [9.17, 15) is 4.79 Å². The average molecular weight is 268 g/mol. The second kappa shape index (κ2) is 6.26. The van der Waals surface area contributed by atoms with Gasteiger partial charge in [0.05, 0.1) is 12.8 Å². The van der Waals surface area contributed by atoms with Crippen molar-refractivity contribution in [3.63, 3.8) is 0 Å². The van der Waals surface area contributed by atoms with Gasteiger partial charge in [0.2, 0.25) is 0 Å². The minimum absolute atomic E-state index is 0.293. The predicted octanol–water partition coefficient (Wildman–Crippen LogP) is 3.89. The van der Waals surface area contributed by atoms with E-state index in [-0.39, 0.29) is 5.91 Å². The highest BCUT2D eigenvalue weighted by molar-refractivity contribution is 6.07. The number of methoxy groups -OCH3 is 1. The van der Waals surface area contributed by atoms with Crippen LogP contribution in [0, 0.1) is 0 Å². The van der Waals surface area contributed by atoms with Gasteiger partial charge in [0.1, 0.15) is 5.75 Å². The fraction of sp³-hybridized carbons (Fsp3) is 0.0714. The molecule has 0 aliphatic rings. The first kappa shape index (κ1) is 13.5. The third-order valence-electron chi connectivity index (χ3n) is 2.65. The molecule has 2 aromatic rings. The molecule has 0 unspecified atom stereocenters. The number of azide groups is 1. The summed E-state index contributed by atoms with van der Waals surface area (Å²) in [5.74, 6) is 0.371. The molecule has 6 heteroatoms. The summed E-state index contributed by atoms with van der Waals surface area (Å²) in [7, 11) is 1.57. The van der Waals surface area contributed by atoms with Crippen molar-refractivity contribution in [1.82, 2.24) is 0 Å². The molecular formula is C14H12N4O2. The van der Waals surface area contributed by atoms with E-state index in [1.54, 1.807) is 55.6 Å². The van der Waals surface area contributed by atoms with Crippen LogP contribution in [0.3, 0.4) is 0 Å². The van der Waals surface area contributed by atoms with E-state index in [0.29, 0.717) is 22.7 Å². The standard InChI is InChI=1S/C14H12N4O2/c1-20-11-8-6-10(7-9-11)16-14(19)12-4-2-3-5-13(12)17-18-15/h2-9H,1H3,(H,16,19). The summed E-state index contributed by atoms with van der Waals surface area (Å²) < 4.78 is 5.04. The Balaban J connectivity index is 2.21. The van der Waals surface area contributed by atoms with Crippen molar-refractivity contribution in [3.8, 4) is 5.75 Å². The van der Waals surface area contributed by atoms with Crippen molar-refractivity contribution in [1.29, 1.82) is 0 Å². The van der Waals surface area contributed by atoms with Gasteiger partial charge in [-0.15, -0.1) is 0 Å². The number of nitrogens with one attached hydrogen (secondary N) is 1. The molecule has 20 heavy (non-hydrogen) atoms. The van der Waals surface area contributed by atoms with Crippen LogP contribution in [0.25, 0.3) is 10.4 Å². The number of hydrogen-bond donors (Lipinski definition) is 1. The molecule has 0 fully saturated rings. The SMILES string of the molecule is COc1ccc(NC(=O)c2ccccc2N=[N+]=[N-])cc1. The largest absolute Gasteiger partial charge is 0.497 e. The van der Waals surface area contributed by atoms with Gasteiger partial charge in [-0.05, 0) is 35.9 Å². The Labute approximate surface area is 115 Å². The third-order valence-corrected chi connectivity index (χ3v) is 2.65. The zero-order valence-electron chi connectivity index (χ0n) is 10.8. The van der Waals surface area contributed by atoms with E-state index in [0.717, 1.165) is 0 Å². The van der Waals surface area contributed by atoms with E-state index in [4.69, 9.17) is 10.3 Å². The van der Waals surface area contributed by atoms with Crippen LogP contribution in [-0.4, -0.2) is 13.0 Å². The minimum atomic E-state index is -0.335. The minimum Gasteiger partial charge on any atom is -0.497 e. The molecule has 0 heterocycles. The second-order valence-electron chi connectivity index (χ2n) is 3.89. The van der Waals surface area contributed by atoms with E-state index in [1.165, 1.54) is 0 Å². The molecule has 0 spiro atoms. The number of hydrogen-bond acceptors (Lipinski definition) is 3. The van der Waals surface area contributed by atoms with Crippen LogP contribution < -0.4 is 10.1 Å². The Morgan fingerprint density at radius 3 is 2.55 bits per heavy atom. The van der Waals surface area contributed by atoms with Gasteiger partial charge in [0.25, 0.3) is 5.91 Å². The highest BCUT2D eigenvalue weighted by Gasteiger charge is 2.10. The monoisotopic (exact) mass is 268 g/mol. The molecule has 2 aromatic carbocycles. The molecule has 2 rings (SSSR count). The molecule has 1 amide bonds.